The van der Waals surface area contributed by atoms with Crippen LogP contribution in [0.2, 0.25) is 0 Å². The number of aliphatic carboxylic acids is 2. The van der Waals surface area contributed by atoms with Gasteiger partial charge in [0.1, 0.15) is 5.41 Å². The van der Waals surface area contributed by atoms with Gasteiger partial charge in [-0.3, -0.25) is 9.59 Å². The van der Waals surface area contributed by atoms with E-state index < -0.39 is 29.4 Å². The second-order valence-corrected chi connectivity index (χ2v) is 6.75. The highest BCUT2D eigenvalue weighted by atomic mass is 16.4. The van der Waals surface area contributed by atoms with Crippen LogP contribution >= 0.6 is 0 Å². The first-order valence-corrected chi connectivity index (χ1v) is 9.06. The molecule has 1 aliphatic carbocycles. The molecule has 0 aliphatic heterocycles. The average molecular weight is 414 g/mol. The number of hydrogen-bond donors (Lipinski definition) is 5. The molecule has 0 radical (unpaired) electrons. The molecule has 158 valence electrons. The van der Waals surface area contributed by atoms with Crippen molar-refractivity contribution in [2.24, 2.45) is 5.41 Å². The van der Waals surface area contributed by atoms with Gasteiger partial charge in [0.05, 0.1) is 17.2 Å². The van der Waals surface area contributed by atoms with Crippen LogP contribution < -0.4 is 10.9 Å². The second kappa shape index (κ2) is 9.19. The van der Waals surface area contributed by atoms with Gasteiger partial charge in [0.2, 0.25) is 0 Å². The van der Waals surface area contributed by atoms with Gasteiger partial charge in [0.25, 0.3) is 5.56 Å². The monoisotopic (exact) mass is 414 g/mol. The summed E-state index contributed by atoms with van der Waals surface area (Å²) in [6.45, 7) is 3.82. The van der Waals surface area contributed by atoms with E-state index in [0.29, 0.717) is 17.3 Å². The van der Waals surface area contributed by atoms with Crippen molar-refractivity contribution in [3.05, 3.63) is 70.2 Å². The minimum atomic E-state index is -1.22. The predicted octanol–water partition coefficient (Wildman–Crippen LogP) is 1.86. The summed E-state index contributed by atoms with van der Waals surface area (Å²) >= 11 is 0. The lowest BCUT2D eigenvalue weighted by molar-refractivity contribution is -0.146. The lowest BCUT2D eigenvalue weighted by Gasteiger charge is -2.34. The van der Waals surface area contributed by atoms with Crippen molar-refractivity contribution in [2.45, 2.75) is 19.9 Å². The Morgan fingerprint density at radius 3 is 2.27 bits per heavy atom. The molecule has 9 nitrogen and oxygen atoms in total. The second-order valence-electron chi connectivity index (χ2n) is 6.75. The Morgan fingerprint density at radius 1 is 1.10 bits per heavy atom. The number of hydrogen-bond acceptors (Lipinski definition) is 5. The van der Waals surface area contributed by atoms with Crippen LogP contribution in [-0.4, -0.2) is 50.8 Å². The minimum Gasteiger partial charge on any atom is -0.481 e. The standard InChI is InChI=1S/C11H15NO4.C10H7NO3/c1-3-12-8-7(9(13)14)5-4-6-11(8,2)10(15)16;12-9-7-4-2-1-3-6(7)8(5-11-9)10(13)14/h4-6,8,12H,3H2,1-2H3,(H,13,14)(H,15,16);1-5H,(H,11,12)(H,13,14). The lowest BCUT2D eigenvalue weighted by Crippen LogP contribution is -2.50. The fourth-order valence-corrected chi connectivity index (χ4v) is 3.17. The average Bonchev–Trinajstić information content (AvgIpc) is 2.70. The normalized spacial score (nSPS) is 20.1. The molecule has 0 saturated heterocycles. The number of carboxylic acid groups (broad SMARTS) is 3. The number of pyridine rings is 1. The predicted molar refractivity (Wildman–Crippen MR) is 110 cm³/mol. The summed E-state index contributed by atoms with van der Waals surface area (Å²) < 4.78 is 0. The van der Waals surface area contributed by atoms with Crippen molar-refractivity contribution in [1.82, 2.24) is 10.3 Å². The highest BCUT2D eigenvalue weighted by Gasteiger charge is 2.44. The third-order valence-electron chi connectivity index (χ3n) is 4.78. The van der Waals surface area contributed by atoms with Crippen molar-refractivity contribution < 1.29 is 29.7 Å². The lowest BCUT2D eigenvalue weighted by atomic mass is 9.75. The third-order valence-corrected chi connectivity index (χ3v) is 4.78. The first kappa shape index (κ1) is 22.6. The first-order valence-electron chi connectivity index (χ1n) is 9.06. The summed E-state index contributed by atoms with van der Waals surface area (Å²) in [5.41, 5.74) is -1.31. The SMILES string of the molecule is CCNC1C(C(=O)O)=CC=CC1(C)C(=O)O.O=C(O)c1c[nH]c(=O)c2ccccc12. The number of carboxylic acids is 3. The van der Waals surface area contributed by atoms with Crippen molar-refractivity contribution in [2.75, 3.05) is 6.54 Å². The molecule has 0 spiro atoms. The van der Waals surface area contributed by atoms with E-state index in [1.807, 2.05) is 0 Å². The van der Waals surface area contributed by atoms with Crippen LogP contribution in [0.4, 0.5) is 0 Å². The summed E-state index contributed by atoms with van der Waals surface area (Å²) in [7, 11) is 0. The number of nitrogens with one attached hydrogen (secondary N) is 2. The van der Waals surface area contributed by atoms with E-state index in [1.165, 1.54) is 31.3 Å². The number of fused-ring (bicyclic) bond motifs is 1. The number of benzene rings is 1. The number of aromatic nitrogens is 1. The summed E-state index contributed by atoms with van der Waals surface area (Å²) in [5, 5.41) is 30.8. The molecule has 5 N–H and O–H groups in total. The van der Waals surface area contributed by atoms with Crippen LogP contribution in [0.15, 0.2) is 59.1 Å². The summed E-state index contributed by atoms with van der Waals surface area (Å²) in [6, 6.07) is 5.91. The molecule has 3 rings (SSSR count). The Labute approximate surface area is 171 Å². The number of aromatic amines is 1. The van der Waals surface area contributed by atoms with Crippen LogP contribution in [0.1, 0.15) is 24.2 Å². The van der Waals surface area contributed by atoms with Gasteiger partial charge in [-0.05, 0) is 19.5 Å². The van der Waals surface area contributed by atoms with Crippen LogP contribution in [0, 0.1) is 5.41 Å². The van der Waals surface area contributed by atoms with Gasteiger partial charge in [0.15, 0.2) is 0 Å². The van der Waals surface area contributed by atoms with E-state index in [9.17, 15) is 24.3 Å². The fourth-order valence-electron chi connectivity index (χ4n) is 3.17. The van der Waals surface area contributed by atoms with Gasteiger partial charge in [-0.1, -0.05) is 43.4 Å². The van der Waals surface area contributed by atoms with Crippen molar-refractivity contribution in [1.29, 1.82) is 0 Å². The van der Waals surface area contributed by atoms with Crippen LogP contribution in [0.3, 0.4) is 0 Å². The number of rotatable bonds is 5. The molecule has 1 aromatic heterocycles. The van der Waals surface area contributed by atoms with Gasteiger partial charge in [-0.2, -0.15) is 0 Å². The molecule has 0 fully saturated rings. The Hall–Kier alpha value is -3.72. The molecule has 0 bridgehead atoms. The molecule has 2 atom stereocenters. The van der Waals surface area contributed by atoms with Crippen molar-refractivity contribution in [3.63, 3.8) is 0 Å². The zero-order chi connectivity index (χ0) is 22.5. The van der Waals surface area contributed by atoms with Crippen molar-refractivity contribution >= 4 is 28.7 Å². The van der Waals surface area contributed by atoms with Gasteiger partial charge in [-0.25, -0.2) is 9.59 Å². The summed E-state index contributed by atoms with van der Waals surface area (Å²) in [4.78, 5) is 46.7. The molecule has 1 aromatic carbocycles. The molecule has 30 heavy (non-hydrogen) atoms. The molecular formula is C21H22N2O7. The molecule has 0 saturated carbocycles. The molecule has 1 aliphatic rings. The molecule has 1 heterocycles. The maximum atomic E-state index is 11.3. The maximum Gasteiger partial charge on any atom is 0.337 e. The van der Waals surface area contributed by atoms with Gasteiger partial charge in [0, 0.05) is 17.0 Å². The van der Waals surface area contributed by atoms with Crippen LogP contribution in [0.25, 0.3) is 10.8 Å². The summed E-state index contributed by atoms with van der Waals surface area (Å²) in [5.74, 6) is -3.18. The Bertz CT molecular complexity index is 1100. The van der Waals surface area contributed by atoms with Gasteiger partial charge in [-0.15, -0.1) is 0 Å². The zero-order valence-electron chi connectivity index (χ0n) is 16.4. The third kappa shape index (κ3) is 4.47. The highest BCUT2D eigenvalue weighted by molar-refractivity contribution is 6.02. The number of carbonyl (C=O) groups is 3. The Kier molecular flexibility index (Phi) is 6.91. The topological polar surface area (TPSA) is 157 Å². The molecule has 9 heteroatoms. The minimum absolute atomic E-state index is 0.0780. The molecule has 0 amide bonds. The maximum absolute atomic E-state index is 11.3. The first-order chi connectivity index (χ1) is 14.1. The van der Waals surface area contributed by atoms with Gasteiger partial charge < -0.3 is 25.6 Å². The quantitative estimate of drug-likeness (QED) is 0.496. The molecular weight excluding hydrogens is 392 g/mol. The van der Waals surface area contributed by atoms with E-state index in [0.717, 1.165) is 0 Å². The van der Waals surface area contributed by atoms with E-state index >= 15 is 0 Å². The smallest absolute Gasteiger partial charge is 0.337 e. The van der Waals surface area contributed by atoms with E-state index in [2.05, 4.69) is 10.3 Å². The Morgan fingerprint density at radius 2 is 1.73 bits per heavy atom. The van der Waals surface area contributed by atoms with Crippen LogP contribution in [-0.2, 0) is 9.59 Å². The number of aromatic carboxylic acids is 1. The van der Waals surface area contributed by atoms with Crippen LogP contribution in [0.5, 0.6) is 0 Å². The van der Waals surface area contributed by atoms with Crippen molar-refractivity contribution in [3.8, 4) is 0 Å². The van der Waals surface area contributed by atoms with E-state index in [4.69, 9.17) is 10.2 Å². The summed E-state index contributed by atoms with van der Waals surface area (Å²) in [6.07, 6.45) is 5.63. The van der Waals surface area contributed by atoms with Gasteiger partial charge >= 0.3 is 17.9 Å². The van der Waals surface area contributed by atoms with E-state index in [1.54, 1.807) is 31.2 Å². The zero-order valence-corrected chi connectivity index (χ0v) is 16.4. The fraction of sp³-hybridized carbons (Fsp3) is 0.238. The van der Waals surface area contributed by atoms with E-state index in [-0.39, 0.29) is 16.7 Å². The Balaban J connectivity index is 0.000000215. The number of H-pyrrole nitrogens is 1. The molecule has 2 unspecified atom stereocenters. The molecule has 2 aromatic rings. The number of likely N-dealkylation sites (N-methyl/N-ethyl adjacent to an activating group) is 1. The largest absolute Gasteiger partial charge is 0.481 e. The highest BCUT2D eigenvalue weighted by Crippen LogP contribution is 2.32. The number of allylic oxidation sites excluding steroid dienone is 2.